The van der Waals surface area contributed by atoms with Crippen LogP contribution < -0.4 is 15.6 Å². The van der Waals surface area contributed by atoms with E-state index in [1.54, 1.807) is 4.57 Å². The number of halogens is 1. The van der Waals surface area contributed by atoms with Crippen molar-refractivity contribution in [2.75, 3.05) is 11.9 Å². The molecule has 0 unspecified atom stereocenters. The van der Waals surface area contributed by atoms with E-state index < -0.39 is 0 Å². The average molecular weight is 484 g/mol. The van der Waals surface area contributed by atoms with Gasteiger partial charge >= 0.3 is 0 Å². The van der Waals surface area contributed by atoms with Crippen LogP contribution in [0.4, 0.5) is 5.82 Å². The number of aromatic nitrogens is 2. The highest BCUT2D eigenvalue weighted by molar-refractivity contribution is 7.98. The Kier molecular flexibility index (Phi) is 7.10. The zero-order valence-electron chi connectivity index (χ0n) is 18.8. The molecule has 1 N–H and O–H groups in total. The summed E-state index contributed by atoms with van der Waals surface area (Å²) in [4.78, 5) is 30.0. The lowest BCUT2D eigenvalue weighted by Gasteiger charge is -2.27. The smallest absolute Gasteiger partial charge is 0.279 e. The molecule has 1 aliphatic rings. The Balaban J connectivity index is 1.62. The molecule has 1 aromatic heterocycles. The van der Waals surface area contributed by atoms with Crippen molar-refractivity contribution in [2.45, 2.75) is 37.1 Å². The van der Waals surface area contributed by atoms with Crippen LogP contribution in [0, 0.1) is 5.92 Å². The van der Waals surface area contributed by atoms with Crippen molar-refractivity contribution in [2.24, 2.45) is 13.0 Å². The average Bonchev–Trinajstić information content (AvgIpc) is 2.79. The second-order valence-corrected chi connectivity index (χ2v) is 9.90. The monoisotopic (exact) mass is 483 g/mol. The molecule has 6 nitrogen and oxygen atoms in total. The Hall–Kier alpha value is -2.77. The highest BCUT2D eigenvalue weighted by atomic mass is 35.5. The summed E-state index contributed by atoms with van der Waals surface area (Å²) in [5, 5.41) is 4.09. The van der Waals surface area contributed by atoms with E-state index in [1.807, 2.05) is 55.6 Å². The molecule has 0 radical (unpaired) electrons. The molecule has 0 spiro atoms. The van der Waals surface area contributed by atoms with Gasteiger partial charge in [0, 0.05) is 30.2 Å². The van der Waals surface area contributed by atoms with Crippen LogP contribution in [-0.2, 0) is 17.6 Å². The van der Waals surface area contributed by atoms with Crippen molar-refractivity contribution >= 4 is 35.1 Å². The normalized spacial score (nSPS) is 15.3. The van der Waals surface area contributed by atoms with Crippen molar-refractivity contribution in [3.63, 3.8) is 0 Å². The summed E-state index contributed by atoms with van der Waals surface area (Å²) < 4.78 is 7.55. The summed E-state index contributed by atoms with van der Waals surface area (Å²) >= 11 is 7.50. The first-order valence-corrected chi connectivity index (χ1v) is 12.2. The number of rotatable bonds is 7. The highest BCUT2D eigenvalue weighted by Gasteiger charge is 2.32. The van der Waals surface area contributed by atoms with Crippen LogP contribution in [-0.4, -0.2) is 22.1 Å². The third kappa shape index (κ3) is 5.42. The number of ether oxygens (including phenoxy) is 1. The minimum atomic E-state index is -0.355. The minimum absolute atomic E-state index is 0.125. The lowest BCUT2D eigenvalue weighted by molar-refractivity contribution is -0.116. The van der Waals surface area contributed by atoms with Gasteiger partial charge in [-0.05, 0) is 41.3 Å². The third-order valence-corrected chi connectivity index (χ3v) is 6.76. The van der Waals surface area contributed by atoms with Gasteiger partial charge in [-0.25, -0.2) is 0 Å². The summed E-state index contributed by atoms with van der Waals surface area (Å²) in [6, 6.07) is 15.2. The molecule has 0 saturated carbocycles. The van der Waals surface area contributed by atoms with Crippen molar-refractivity contribution in [3.05, 3.63) is 80.6 Å². The van der Waals surface area contributed by atoms with E-state index >= 15 is 0 Å². The van der Waals surface area contributed by atoms with Crippen LogP contribution in [0.5, 0.6) is 5.75 Å². The van der Waals surface area contributed by atoms with E-state index in [2.05, 4.69) is 24.1 Å². The zero-order valence-corrected chi connectivity index (χ0v) is 20.4. The Morgan fingerprint density at radius 2 is 1.97 bits per heavy atom. The minimum Gasteiger partial charge on any atom is -0.493 e. The number of nitrogens with zero attached hydrogens (tertiary/aromatic N) is 2. The molecule has 0 fully saturated rings. The molecule has 8 heteroatoms. The number of anilines is 1. The molecule has 0 saturated heterocycles. The topological polar surface area (TPSA) is 73.2 Å². The first-order chi connectivity index (χ1) is 15.8. The lowest BCUT2D eigenvalue weighted by atomic mass is 9.87. The number of benzene rings is 2. The molecular formula is C25H26ClN3O3S. The first kappa shape index (κ1) is 23.4. The fourth-order valence-electron chi connectivity index (χ4n) is 3.78. The van der Waals surface area contributed by atoms with Gasteiger partial charge in [0.2, 0.25) is 5.91 Å². The second kappa shape index (κ2) is 10.0. The molecule has 0 bridgehead atoms. The van der Waals surface area contributed by atoms with Crippen LogP contribution in [0.1, 0.15) is 42.9 Å². The Bertz CT molecular complexity index is 1220. The number of amides is 1. The second-order valence-electron chi connectivity index (χ2n) is 8.52. The number of nitrogens with one attached hydrogen (secondary N) is 1. The summed E-state index contributed by atoms with van der Waals surface area (Å²) in [6.45, 7) is 4.82. The van der Waals surface area contributed by atoms with Gasteiger partial charge in [-0.1, -0.05) is 61.5 Å². The first-order valence-electron chi connectivity index (χ1n) is 10.8. The Labute approximate surface area is 202 Å². The fourth-order valence-corrected chi connectivity index (χ4v) is 4.90. The van der Waals surface area contributed by atoms with E-state index in [9.17, 15) is 9.59 Å². The van der Waals surface area contributed by atoms with E-state index in [0.29, 0.717) is 39.8 Å². The van der Waals surface area contributed by atoms with Gasteiger partial charge in [0.15, 0.2) is 5.16 Å². The Morgan fingerprint density at radius 3 is 2.67 bits per heavy atom. The number of hydrogen-bond donors (Lipinski definition) is 1. The van der Waals surface area contributed by atoms with E-state index in [0.717, 1.165) is 16.9 Å². The van der Waals surface area contributed by atoms with Crippen molar-refractivity contribution in [1.82, 2.24) is 9.55 Å². The summed E-state index contributed by atoms with van der Waals surface area (Å²) in [6.07, 6.45) is 0.200. The number of thioether (sulfide) groups is 1. The third-order valence-electron chi connectivity index (χ3n) is 5.42. The Morgan fingerprint density at radius 1 is 1.21 bits per heavy atom. The summed E-state index contributed by atoms with van der Waals surface area (Å²) in [5.41, 5.74) is 2.12. The number of carbonyl (C=O) groups excluding carboxylic acids is 1. The molecule has 33 heavy (non-hydrogen) atoms. The highest BCUT2D eigenvalue weighted by Crippen LogP contribution is 2.36. The zero-order chi connectivity index (χ0) is 23.5. The van der Waals surface area contributed by atoms with Gasteiger partial charge in [0.05, 0.1) is 12.2 Å². The number of hydrogen-bond acceptors (Lipinski definition) is 5. The summed E-state index contributed by atoms with van der Waals surface area (Å²) in [7, 11) is 1.82. The molecule has 0 aliphatic carbocycles. The molecule has 1 aliphatic heterocycles. The SMILES string of the molecule is CC(C)COc1ccc([C@H]2CC(=O)Nc3c2c(=O)nc(SCc2cccc(Cl)c2)n3C)cc1. The molecular weight excluding hydrogens is 458 g/mol. The lowest BCUT2D eigenvalue weighted by Crippen LogP contribution is -2.33. The van der Waals surface area contributed by atoms with Crippen LogP contribution in [0.25, 0.3) is 0 Å². The van der Waals surface area contributed by atoms with Crippen molar-refractivity contribution in [1.29, 1.82) is 0 Å². The predicted octanol–water partition coefficient (Wildman–Crippen LogP) is 5.23. The van der Waals surface area contributed by atoms with Gasteiger partial charge in [0.25, 0.3) is 5.56 Å². The summed E-state index contributed by atoms with van der Waals surface area (Å²) in [5.74, 6) is 1.83. The van der Waals surface area contributed by atoms with Crippen molar-refractivity contribution < 1.29 is 9.53 Å². The van der Waals surface area contributed by atoms with Crippen LogP contribution in [0.15, 0.2) is 58.5 Å². The van der Waals surface area contributed by atoms with E-state index in [-0.39, 0.29) is 23.8 Å². The maximum absolute atomic E-state index is 13.1. The number of carbonyl (C=O) groups is 1. The van der Waals surface area contributed by atoms with Gasteiger partial charge in [-0.3, -0.25) is 9.59 Å². The maximum Gasteiger partial charge on any atom is 0.279 e. The largest absolute Gasteiger partial charge is 0.493 e. The fraction of sp³-hybridized carbons (Fsp3) is 0.320. The molecule has 1 amide bonds. The van der Waals surface area contributed by atoms with Gasteiger partial charge in [0.1, 0.15) is 11.6 Å². The molecule has 3 aromatic rings. The van der Waals surface area contributed by atoms with Gasteiger partial charge in [-0.15, -0.1) is 0 Å². The van der Waals surface area contributed by atoms with E-state index in [1.165, 1.54) is 11.8 Å². The molecule has 2 aromatic carbocycles. The van der Waals surface area contributed by atoms with Crippen LogP contribution in [0.2, 0.25) is 5.02 Å². The molecule has 1 atom stereocenters. The standard InChI is InChI=1S/C25H26ClN3O3S/c1-15(2)13-32-19-9-7-17(8-10-19)20-12-21(30)27-23-22(20)24(31)28-25(29(23)3)33-14-16-5-4-6-18(26)11-16/h4-11,15,20H,12-14H2,1-3H3,(H,27,30)/t20-/m1/s1. The number of fused-ring (bicyclic) bond motifs is 1. The molecule has 172 valence electrons. The maximum atomic E-state index is 13.1. The van der Waals surface area contributed by atoms with Gasteiger partial charge < -0.3 is 14.6 Å². The van der Waals surface area contributed by atoms with E-state index in [4.69, 9.17) is 16.3 Å². The van der Waals surface area contributed by atoms with Gasteiger partial charge in [-0.2, -0.15) is 4.98 Å². The molecule has 4 rings (SSSR count). The van der Waals surface area contributed by atoms with Crippen molar-refractivity contribution in [3.8, 4) is 5.75 Å². The molecule has 2 heterocycles. The van der Waals surface area contributed by atoms with Crippen LogP contribution in [0.3, 0.4) is 0 Å². The quantitative estimate of drug-likeness (QED) is 0.367. The predicted molar refractivity (Wildman–Crippen MR) is 132 cm³/mol. The van der Waals surface area contributed by atoms with Crippen LogP contribution >= 0.6 is 23.4 Å².